The van der Waals surface area contributed by atoms with Crippen LogP contribution in [0.2, 0.25) is 0 Å². The summed E-state index contributed by atoms with van der Waals surface area (Å²) in [5.74, 6) is -2.10. The molecule has 8 nitrogen and oxygen atoms in total. The minimum Gasteiger partial charge on any atom is -0.479 e. The molecule has 1 heterocycles. The molecule has 0 spiro atoms. The van der Waals surface area contributed by atoms with Crippen molar-refractivity contribution in [2.24, 2.45) is 0 Å². The number of hydrogen-bond donors (Lipinski definition) is 3. The lowest BCUT2D eigenvalue weighted by atomic mass is 10.1. The van der Waals surface area contributed by atoms with Crippen LogP contribution in [0.4, 0.5) is 0 Å². The van der Waals surface area contributed by atoms with Crippen molar-refractivity contribution < 1.29 is 19.8 Å². The Labute approximate surface area is 115 Å². The van der Waals surface area contributed by atoms with E-state index < -0.39 is 24.0 Å². The monoisotopic (exact) mass is 283 g/mol. The predicted octanol–water partition coefficient (Wildman–Crippen LogP) is -0.781. The van der Waals surface area contributed by atoms with Gasteiger partial charge >= 0.3 is 5.97 Å². The number of amides is 1. The summed E-state index contributed by atoms with van der Waals surface area (Å²) in [5.41, 5.74) is -2.40. The Morgan fingerprint density at radius 1 is 1.45 bits per heavy atom. The zero-order valence-corrected chi connectivity index (χ0v) is 11.3. The van der Waals surface area contributed by atoms with Gasteiger partial charge in [0, 0.05) is 12.6 Å². The molecular formula is C12H17N3O5. The van der Waals surface area contributed by atoms with Gasteiger partial charge in [0.15, 0.2) is 5.60 Å². The summed E-state index contributed by atoms with van der Waals surface area (Å²) in [6.45, 7) is 2.86. The second-order valence-corrected chi connectivity index (χ2v) is 4.54. The van der Waals surface area contributed by atoms with Gasteiger partial charge in [-0.25, -0.2) is 9.48 Å². The summed E-state index contributed by atoms with van der Waals surface area (Å²) in [6, 6.07) is 2.46. The minimum atomic E-state index is -2.06. The first-order chi connectivity index (χ1) is 9.27. The first-order valence-corrected chi connectivity index (χ1v) is 6.10. The molecule has 0 aliphatic rings. The molecular weight excluding hydrogens is 266 g/mol. The first-order valence-electron chi connectivity index (χ1n) is 6.10. The number of carbonyl (C=O) groups excluding carboxylic acids is 1. The second kappa shape index (κ2) is 6.29. The van der Waals surface area contributed by atoms with E-state index in [9.17, 15) is 19.5 Å². The Balaban J connectivity index is 2.81. The van der Waals surface area contributed by atoms with Crippen LogP contribution in [0.1, 0.15) is 30.8 Å². The number of carboxylic acid groups (broad SMARTS) is 1. The van der Waals surface area contributed by atoms with E-state index in [1.165, 1.54) is 12.1 Å². The Hall–Kier alpha value is -2.22. The molecule has 1 aromatic heterocycles. The highest BCUT2D eigenvalue weighted by molar-refractivity contribution is 5.92. The molecule has 1 aromatic rings. The standard InChI is InChI=1S/C12H17N3O5/c1-3-6-15-9(16)5-4-8(14-15)10(17)13-7-12(2,20)11(18)19/h4-5,20H,3,6-7H2,1-2H3,(H,13,17)(H,18,19). The van der Waals surface area contributed by atoms with Crippen molar-refractivity contribution in [3.05, 3.63) is 28.2 Å². The third kappa shape index (κ3) is 3.89. The van der Waals surface area contributed by atoms with Gasteiger partial charge in [-0.3, -0.25) is 9.59 Å². The molecule has 20 heavy (non-hydrogen) atoms. The zero-order valence-electron chi connectivity index (χ0n) is 11.3. The summed E-state index contributed by atoms with van der Waals surface area (Å²) < 4.78 is 1.16. The van der Waals surface area contributed by atoms with E-state index in [-0.39, 0.29) is 11.3 Å². The summed E-state index contributed by atoms with van der Waals surface area (Å²) in [4.78, 5) is 33.9. The zero-order chi connectivity index (χ0) is 15.3. The van der Waals surface area contributed by atoms with Crippen LogP contribution in [0.5, 0.6) is 0 Å². The molecule has 8 heteroatoms. The number of aliphatic carboxylic acids is 1. The number of carbonyl (C=O) groups is 2. The third-order valence-corrected chi connectivity index (χ3v) is 2.59. The van der Waals surface area contributed by atoms with Gasteiger partial charge < -0.3 is 15.5 Å². The fraction of sp³-hybridized carbons (Fsp3) is 0.500. The first kappa shape index (κ1) is 15.8. The lowest BCUT2D eigenvalue weighted by Crippen LogP contribution is -2.46. The molecule has 110 valence electrons. The smallest absolute Gasteiger partial charge is 0.337 e. The Kier molecular flexibility index (Phi) is 4.98. The van der Waals surface area contributed by atoms with Gasteiger partial charge in [-0.2, -0.15) is 5.10 Å². The summed E-state index contributed by atoms with van der Waals surface area (Å²) >= 11 is 0. The quantitative estimate of drug-likeness (QED) is 0.629. The minimum absolute atomic E-state index is 0.0146. The maximum Gasteiger partial charge on any atom is 0.337 e. The van der Waals surface area contributed by atoms with Crippen molar-refractivity contribution in [3.8, 4) is 0 Å². The predicted molar refractivity (Wildman–Crippen MR) is 69.4 cm³/mol. The molecule has 1 unspecified atom stereocenters. The molecule has 0 bridgehead atoms. The van der Waals surface area contributed by atoms with Crippen LogP contribution < -0.4 is 10.9 Å². The van der Waals surface area contributed by atoms with Crippen LogP contribution in [-0.2, 0) is 11.3 Å². The number of aliphatic hydroxyl groups is 1. The lowest BCUT2D eigenvalue weighted by molar-refractivity contribution is -0.155. The van der Waals surface area contributed by atoms with E-state index in [4.69, 9.17) is 5.11 Å². The highest BCUT2D eigenvalue weighted by Crippen LogP contribution is 2.01. The van der Waals surface area contributed by atoms with Crippen LogP contribution in [0.15, 0.2) is 16.9 Å². The third-order valence-electron chi connectivity index (χ3n) is 2.59. The Morgan fingerprint density at radius 3 is 2.65 bits per heavy atom. The van der Waals surface area contributed by atoms with Gasteiger partial charge in [-0.15, -0.1) is 0 Å². The number of rotatable bonds is 6. The van der Waals surface area contributed by atoms with Crippen LogP contribution in [0.3, 0.4) is 0 Å². The largest absolute Gasteiger partial charge is 0.479 e. The molecule has 0 saturated heterocycles. The highest BCUT2D eigenvalue weighted by atomic mass is 16.4. The normalized spacial score (nSPS) is 13.6. The van der Waals surface area contributed by atoms with Crippen LogP contribution in [0, 0.1) is 0 Å². The highest BCUT2D eigenvalue weighted by Gasteiger charge is 2.30. The average Bonchev–Trinajstić information content (AvgIpc) is 2.38. The maximum absolute atomic E-state index is 11.8. The van der Waals surface area contributed by atoms with E-state index in [1.807, 2.05) is 6.92 Å². The Bertz CT molecular complexity index is 564. The van der Waals surface area contributed by atoms with E-state index >= 15 is 0 Å². The van der Waals surface area contributed by atoms with Crippen molar-refractivity contribution in [2.75, 3.05) is 6.54 Å². The molecule has 0 saturated carbocycles. The molecule has 0 aliphatic heterocycles. The summed E-state index contributed by atoms with van der Waals surface area (Å²) in [5, 5.41) is 24.3. The van der Waals surface area contributed by atoms with Crippen molar-refractivity contribution in [3.63, 3.8) is 0 Å². The summed E-state index contributed by atoms with van der Waals surface area (Å²) in [6.07, 6.45) is 0.686. The number of aryl methyl sites for hydroxylation is 1. The lowest BCUT2D eigenvalue weighted by Gasteiger charge is -2.18. The molecule has 0 radical (unpaired) electrons. The summed E-state index contributed by atoms with van der Waals surface area (Å²) in [7, 11) is 0. The van der Waals surface area contributed by atoms with Crippen LogP contribution >= 0.6 is 0 Å². The molecule has 1 atom stereocenters. The van der Waals surface area contributed by atoms with Crippen molar-refractivity contribution in [1.29, 1.82) is 0 Å². The second-order valence-electron chi connectivity index (χ2n) is 4.54. The van der Waals surface area contributed by atoms with E-state index in [2.05, 4.69) is 10.4 Å². The van der Waals surface area contributed by atoms with Crippen LogP contribution in [-0.4, -0.2) is 44.0 Å². The van der Waals surface area contributed by atoms with E-state index in [0.29, 0.717) is 13.0 Å². The molecule has 3 N–H and O–H groups in total. The maximum atomic E-state index is 11.8. The molecule has 0 aliphatic carbocycles. The van der Waals surface area contributed by atoms with Crippen molar-refractivity contribution in [1.82, 2.24) is 15.1 Å². The van der Waals surface area contributed by atoms with Gasteiger partial charge in [0.2, 0.25) is 0 Å². The molecule has 1 rings (SSSR count). The average molecular weight is 283 g/mol. The number of aromatic nitrogens is 2. The van der Waals surface area contributed by atoms with E-state index in [1.54, 1.807) is 0 Å². The van der Waals surface area contributed by atoms with Crippen molar-refractivity contribution >= 4 is 11.9 Å². The van der Waals surface area contributed by atoms with Gasteiger partial charge in [0.25, 0.3) is 11.5 Å². The van der Waals surface area contributed by atoms with Crippen LogP contribution in [0.25, 0.3) is 0 Å². The van der Waals surface area contributed by atoms with E-state index in [0.717, 1.165) is 11.6 Å². The number of nitrogens with one attached hydrogen (secondary N) is 1. The van der Waals surface area contributed by atoms with Gasteiger partial charge in [-0.05, 0) is 19.4 Å². The number of carboxylic acids is 1. The Morgan fingerprint density at radius 2 is 2.10 bits per heavy atom. The molecule has 1 amide bonds. The van der Waals surface area contributed by atoms with Gasteiger partial charge in [-0.1, -0.05) is 6.92 Å². The molecule has 0 aromatic carbocycles. The number of hydrogen-bond acceptors (Lipinski definition) is 5. The van der Waals surface area contributed by atoms with Gasteiger partial charge in [0.1, 0.15) is 5.69 Å². The fourth-order valence-electron chi connectivity index (χ4n) is 1.36. The van der Waals surface area contributed by atoms with Crippen molar-refractivity contribution in [2.45, 2.75) is 32.4 Å². The number of nitrogens with zero attached hydrogens (tertiary/aromatic N) is 2. The van der Waals surface area contributed by atoms with Gasteiger partial charge in [0.05, 0.1) is 6.54 Å². The molecule has 0 fully saturated rings. The SMILES string of the molecule is CCCn1nc(C(=O)NCC(C)(O)C(=O)O)ccc1=O. The fourth-order valence-corrected chi connectivity index (χ4v) is 1.36. The topological polar surface area (TPSA) is 122 Å².